The van der Waals surface area contributed by atoms with Gasteiger partial charge in [0.2, 0.25) is 0 Å². The van der Waals surface area contributed by atoms with Gasteiger partial charge in [-0.3, -0.25) is 0 Å². The van der Waals surface area contributed by atoms with Crippen molar-refractivity contribution in [1.29, 1.82) is 0 Å². The molecule has 4 aromatic rings. The van der Waals surface area contributed by atoms with Crippen molar-refractivity contribution in [3.63, 3.8) is 0 Å². The van der Waals surface area contributed by atoms with Crippen molar-refractivity contribution in [3.8, 4) is 33.9 Å². The van der Waals surface area contributed by atoms with E-state index in [-0.39, 0.29) is 0 Å². The number of hydrogen-bond acceptors (Lipinski definition) is 2. The molecule has 0 atom stereocenters. The lowest BCUT2D eigenvalue weighted by molar-refractivity contribution is 0.340. The van der Waals surface area contributed by atoms with E-state index >= 15 is 0 Å². The molecule has 0 unspecified atom stereocenters. The Morgan fingerprint density at radius 2 is 1.22 bits per heavy atom. The molecule has 0 saturated heterocycles. The van der Waals surface area contributed by atoms with Crippen LogP contribution in [0.25, 0.3) is 34.6 Å². The molecular formula is C29H27O3+. The van der Waals surface area contributed by atoms with Gasteiger partial charge in [0.1, 0.15) is 11.5 Å². The first kappa shape index (κ1) is 21.4. The summed E-state index contributed by atoms with van der Waals surface area (Å²) < 4.78 is 17.4. The fourth-order valence-corrected chi connectivity index (χ4v) is 3.45. The Labute approximate surface area is 189 Å². The highest BCUT2D eigenvalue weighted by atomic mass is 16.5. The minimum absolute atomic E-state index is 0.644. The maximum Gasteiger partial charge on any atom is 0.361 e. The second kappa shape index (κ2) is 10.5. The first-order valence-corrected chi connectivity index (χ1v) is 10.9. The lowest BCUT2D eigenvalue weighted by Gasteiger charge is -2.05. The zero-order valence-electron chi connectivity index (χ0n) is 18.5. The van der Waals surface area contributed by atoms with Gasteiger partial charge in [-0.25, -0.2) is 4.42 Å². The molecule has 1 aromatic heterocycles. The summed E-state index contributed by atoms with van der Waals surface area (Å²) in [6.45, 7) is 5.27. The summed E-state index contributed by atoms with van der Waals surface area (Å²) >= 11 is 0. The third kappa shape index (κ3) is 5.44. The topological polar surface area (TPSA) is 29.8 Å². The monoisotopic (exact) mass is 423 g/mol. The average Bonchev–Trinajstić information content (AvgIpc) is 2.85. The van der Waals surface area contributed by atoms with Crippen molar-refractivity contribution in [1.82, 2.24) is 0 Å². The normalized spacial score (nSPS) is 10.9. The maximum atomic E-state index is 6.26. The van der Waals surface area contributed by atoms with Crippen LogP contribution < -0.4 is 9.47 Å². The van der Waals surface area contributed by atoms with Crippen LogP contribution >= 0.6 is 0 Å². The van der Waals surface area contributed by atoms with Gasteiger partial charge in [-0.15, -0.1) is 0 Å². The van der Waals surface area contributed by atoms with E-state index in [2.05, 4.69) is 42.5 Å². The second-order valence-corrected chi connectivity index (χ2v) is 7.27. The maximum absolute atomic E-state index is 6.26. The highest BCUT2D eigenvalue weighted by Gasteiger charge is 2.18. The summed E-state index contributed by atoms with van der Waals surface area (Å²) in [5.74, 6) is 3.30. The summed E-state index contributed by atoms with van der Waals surface area (Å²) in [4.78, 5) is 0. The molecule has 0 aliphatic heterocycles. The molecule has 0 bridgehead atoms. The Morgan fingerprint density at radius 1 is 0.625 bits per heavy atom. The van der Waals surface area contributed by atoms with Crippen molar-refractivity contribution in [2.24, 2.45) is 0 Å². The molecule has 0 spiro atoms. The summed E-state index contributed by atoms with van der Waals surface area (Å²) in [5, 5.41) is 0. The van der Waals surface area contributed by atoms with E-state index < -0.39 is 0 Å². The smallest absolute Gasteiger partial charge is 0.361 e. The largest absolute Gasteiger partial charge is 0.494 e. The second-order valence-electron chi connectivity index (χ2n) is 7.27. The first-order chi connectivity index (χ1) is 15.7. The van der Waals surface area contributed by atoms with E-state index in [4.69, 9.17) is 13.9 Å². The number of ether oxygens (including phenoxy) is 2. The molecule has 3 heteroatoms. The molecule has 0 N–H and O–H groups in total. The van der Waals surface area contributed by atoms with E-state index in [1.165, 1.54) is 0 Å². The molecule has 0 saturated carbocycles. The third-order valence-corrected chi connectivity index (χ3v) is 5.00. The highest BCUT2D eigenvalue weighted by Crippen LogP contribution is 2.31. The quantitative estimate of drug-likeness (QED) is 0.270. The Hall–Kier alpha value is -3.85. The number of rotatable bonds is 8. The van der Waals surface area contributed by atoms with Crippen molar-refractivity contribution in [2.45, 2.75) is 13.8 Å². The summed E-state index contributed by atoms with van der Waals surface area (Å²) in [6, 6.07) is 30.5. The molecule has 3 nitrogen and oxygen atoms in total. The highest BCUT2D eigenvalue weighted by molar-refractivity contribution is 5.75. The first-order valence-electron chi connectivity index (χ1n) is 10.9. The fraction of sp³-hybridized carbons (Fsp3) is 0.138. The predicted octanol–water partition coefficient (Wildman–Crippen LogP) is 7.86. The Morgan fingerprint density at radius 3 is 1.81 bits per heavy atom. The average molecular weight is 424 g/mol. The lowest BCUT2D eigenvalue weighted by Crippen LogP contribution is -1.91. The predicted molar refractivity (Wildman–Crippen MR) is 132 cm³/mol. The molecule has 0 aliphatic carbocycles. The van der Waals surface area contributed by atoms with Gasteiger partial charge in [0.05, 0.1) is 30.9 Å². The van der Waals surface area contributed by atoms with Gasteiger partial charge in [0.15, 0.2) is 0 Å². The molecule has 160 valence electrons. The van der Waals surface area contributed by atoms with Crippen LogP contribution in [0.2, 0.25) is 0 Å². The zero-order valence-corrected chi connectivity index (χ0v) is 18.5. The van der Waals surface area contributed by atoms with Gasteiger partial charge < -0.3 is 9.47 Å². The summed E-state index contributed by atoms with van der Waals surface area (Å²) in [6.07, 6.45) is 4.06. The Bertz CT molecular complexity index is 1090. The van der Waals surface area contributed by atoms with Crippen LogP contribution in [0.1, 0.15) is 25.2 Å². The van der Waals surface area contributed by atoms with E-state index in [0.717, 1.165) is 45.3 Å². The van der Waals surface area contributed by atoms with Gasteiger partial charge in [-0.05, 0) is 67.4 Å². The standard InChI is InChI=1S/C29H27O3/c1-3-30-26-16-11-23(12-17-26)25-20-28(15-10-22-8-6-5-7-9-22)32-29(21-25)24-13-18-27(19-14-24)31-4-2/h5-21H,3-4H2,1-2H3/q+1. The van der Waals surface area contributed by atoms with Gasteiger partial charge in [-0.2, -0.15) is 0 Å². The van der Waals surface area contributed by atoms with Gasteiger partial charge >= 0.3 is 11.5 Å². The lowest BCUT2D eigenvalue weighted by atomic mass is 10.0. The van der Waals surface area contributed by atoms with Crippen LogP contribution in [0.3, 0.4) is 0 Å². The van der Waals surface area contributed by atoms with Crippen LogP contribution in [0.4, 0.5) is 0 Å². The van der Waals surface area contributed by atoms with Crippen LogP contribution in [0.15, 0.2) is 95.4 Å². The molecule has 32 heavy (non-hydrogen) atoms. The van der Waals surface area contributed by atoms with Crippen molar-refractivity contribution in [3.05, 3.63) is 102 Å². The van der Waals surface area contributed by atoms with E-state index in [0.29, 0.717) is 13.2 Å². The minimum Gasteiger partial charge on any atom is -0.494 e. The van der Waals surface area contributed by atoms with E-state index in [9.17, 15) is 0 Å². The number of hydrogen-bond donors (Lipinski definition) is 0. The Balaban J connectivity index is 1.73. The molecule has 0 fully saturated rings. The molecule has 3 aromatic carbocycles. The van der Waals surface area contributed by atoms with E-state index in [1.54, 1.807) is 0 Å². The van der Waals surface area contributed by atoms with Crippen LogP contribution in [-0.4, -0.2) is 13.2 Å². The van der Waals surface area contributed by atoms with Crippen molar-refractivity contribution >= 4 is 12.2 Å². The van der Waals surface area contributed by atoms with Crippen molar-refractivity contribution < 1.29 is 13.9 Å². The van der Waals surface area contributed by atoms with Gasteiger partial charge in [0.25, 0.3) is 0 Å². The summed E-state index contributed by atoms with van der Waals surface area (Å²) in [5.41, 5.74) is 4.30. The number of benzene rings is 3. The van der Waals surface area contributed by atoms with Gasteiger partial charge in [-0.1, -0.05) is 42.5 Å². The fourth-order valence-electron chi connectivity index (χ4n) is 3.45. The molecule has 4 rings (SSSR count). The van der Waals surface area contributed by atoms with Crippen LogP contribution in [-0.2, 0) is 0 Å². The minimum atomic E-state index is 0.644. The van der Waals surface area contributed by atoms with Crippen molar-refractivity contribution in [2.75, 3.05) is 13.2 Å². The third-order valence-electron chi connectivity index (χ3n) is 5.00. The molecule has 1 heterocycles. The molecule has 0 radical (unpaired) electrons. The molecule has 0 amide bonds. The van der Waals surface area contributed by atoms with Crippen LogP contribution in [0.5, 0.6) is 11.5 Å². The molecule has 0 aliphatic rings. The molecular weight excluding hydrogens is 396 g/mol. The Kier molecular flexibility index (Phi) is 6.98. The zero-order chi connectivity index (χ0) is 22.2. The van der Waals surface area contributed by atoms with Gasteiger partial charge in [0, 0.05) is 11.6 Å². The summed E-state index contributed by atoms with van der Waals surface area (Å²) in [7, 11) is 0. The SMILES string of the molecule is CCOc1ccc(-c2cc(C=Cc3ccccc3)[o+]c(-c3ccc(OCC)cc3)c2)cc1. The van der Waals surface area contributed by atoms with Crippen LogP contribution in [0, 0.1) is 0 Å². The van der Waals surface area contributed by atoms with E-state index in [1.807, 2.05) is 74.5 Å².